The highest BCUT2D eigenvalue weighted by molar-refractivity contribution is 5.71. The van der Waals surface area contributed by atoms with Crippen molar-refractivity contribution >= 4 is 17.9 Å². The van der Waals surface area contributed by atoms with Gasteiger partial charge in [-0.1, -0.05) is 298 Å². The number of allylic oxidation sites excluding steroid dienone is 16. The molecule has 1 unspecified atom stereocenters. The van der Waals surface area contributed by atoms with Crippen LogP contribution in [0.4, 0.5) is 0 Å². The average molecular weight is 1090 g/mol. The lowest BCUT2D eigenvalue weighted by molar-refractivity contribution is -0.167. The zero-order valence-electron chi connectivity index (χ0n) is 51.4. The standard InChI is InChI=1S/C72H124O6/c1-4-7-10-13-16-18-20-22-24-26-28-29-30-31-32-33-34-35-36-37-38-39-40-41-42-43-44-46-47-49-51-53-56-59-62-65-71(74)77-68-69(67-76-70(73)64-61-58-55-15-12-9-6-3)78-72(75)66-63-60-57-54-52-50-48-45-27-25-23-21-19-17-14-11-8-5-2/h7,10,16,18,22,24-25,27-29,31-32,34-35,37-38,69H,4-6,8-9,11-15,17,19-21,23,26,30,33,36,39-68H2,1-3H3/b10-7-,18-16-,24-22-,27-25-,29-28-,32-31-,35-34-,38-37-. The summed E-state index contributed by atoms with van der Waals surface area (Å²) in [5.74, 6) is -0.877. The van der Waals surface area contributed by atoms with Gasteiger partial charge in [-0.3, -0.25) is 14.4 Å². The minimum Gasteiger partial charge on any atom is -0.462 e. The molecule has 0 bridgehead atoms. The summed E-state index contributed by atoms with van der Waals surface area (Å²) in [6.45, 7) is 6.50. The lowest BCUT2D eigenvalue weighted by atomic mass is 10.0. The van der Waals surface area contributed by atoms with E-state index < -0.39 is 6.10 Å². The molecule has 0 saturated carbocycles. The fraction of sp³-hybridized carbons (Fsp3) is 0.736. The predicted octanol–water partition coefficient (Wildman–Crippen LogP) is 22.8. The van der Waals surface area contributed by atoms with Crippen molar-refractivity contribution in [1.82, 2.24) is 0 Å². The Morgan fingerprint density at radius 3 is 0.795 bits per heavy atom. The van der Waals surface area contributed by atoms with E-state index >= 15 is 0 Å². The summed E-state index contributed by atoms with van der Waals surface area (Å²) in [5, 5.41) is 0. The Kier molecular flexibility index (Phi) is 62.7. The van der Waals surface area contributed by atoms with Crippen molar-refractivity contribution in [1.29, 1.82) is 0 Å². The number of esters is 3. The van der Waals surface area contributed by atoms with Gasteiger partial charge in [0.2, 0.25) is 0 Å². The fourth-order valence-corrected chi connectivity index (χ4v) is 9.36. The van der Waals surface area contributed by atoms with Crippen LogP contribution in [-0.4, -0.2) is 37.2 Å². The van der Waals surface area contributed by atoms with Gasteiger partial charge in [0.05, 0.1) is 0 Å². The molecule has 6 heteroatoms. The van der Waals surface area contributed by atoms with E-state index in [1.165, 1.54) is 180 Å². The van der Waals surface area contributed by atoms with Gasteiger partial charge in [0.15, 0.2) is 6.10 Å². The predicted molar refractivity (Wildman–Crippen MR) is 339 cm³/mol. The molecule has 0 fully saturated rings. The monoisotopic (exact) mass is 1080 g/mol. The van der Waals surface area contributed by atoms with Crippen LogP contribution < -0.4 is 0 Å². The largest absolute Gasteiger partial charge is 0.462 e. The molecule has 0 amide bonds. The van der Waals surface area contributed by atoms with Crippen molar-refractivity contribution in [2.45, 2.75) is 329 Å². The van der Waals surface area contributed by atoms with Gasteiger partial charge in [-0.15, -0.1) is 0 Å². The van der Waals surface area contributed by atoms with Crippen LogP contribution in [-0.2, 0) is 28.6 Å². The van der Waals surface area contributed by atoms with Crippen molar-refractivity contribution in [2.75, 3.05) is 13.2 Å². The first kappa shape index (κ1) is 74.3. The van der Waals surface area contributed by atoms with Gasteiger partial charge in [-0.2, -0.15) is 0 Å². The lowest BCUT2D eigenvalue weighted by Crippen LogP contribution is -2.30. The highest BCUT2D eigenvalue weighted by atomic mass is 16.6. The topological polar surface area (TPSA) is 78.9 Å². The van der Waals surface area contributed by atoms with Crippen LogP contribution in [0, 0.1) is 0 Å². The Bertz CT molecular complexity index is 1530. The first-order valence-electron chi connectivity index (χ1n) is 33.2. The summed E-state index contributed by atoms with van der Waals surface area (Å²) < 4.78 is 16.8. The molecule has 0 saturated heterocycles. The SMILES string of the molecule is CC/C=C\C/C=C\C/C=C\C/C=C\C/C=C\C/C=C\C/C=C\CCCCCCCCCCCCCCCC(=O)OCC(COC(=O)CCCCCCCCC)OC(=O)CCCCCCCCC/C=C\CCCCCCCCC. The molecule has 0 aliphatic heterocycles. The second kappa shape index (κ2) is 65.8. The Morgan fingerprint density at radius 1 is 0.269 bits per heavy atom. The molecule has 0 aromatic carbocycles. The molecule has 0 radical (unpaired) electrons. The maximum Gasteiger partial charge on any atom is 0.306 e. The second-order valence-corrected chi connectivity index (χ2v) is 22.0. The third-order valence-corrected chi connectivity index (χ3v) is 14.3. The van der Waals surface area contributed by atoms with Crippen molar-refractivity contribution < 1.29 is 28.6 Å². The molecule has 0 spiro atoms. The number of hydrogen-bond donors (Lipinski definition) is 0. The van der Waals surface area contributed by atoms with Crippen molar-refractivity contribution in [3.8, 4) is 0 Å². The molecular formula is C72H124O6. The van der Waals surface area contributed by atoms with Crippen LogP contribution in [0.5, 0.6) is 0 Å². The molecule has 0 aliphatic rings. The second-order valence-electron chi connectivity index (χ2n) is 22.0. The van der Waals surface area contributed by atoms with Gasteiger partial charge in [-0.05, 0) is 103 Å². The van der Waals surface area contributed by atoms with E-state index in [0.717, 1.165) is 103 Å². The molecule has 78 heavy (non-hydrogen) atoms. The van der Waals surface area contributed by atoms with Crippen LogP contribution in [0.2, 0.25) is 0 Å². The molecule has 0 aromatic heterocycles. The zero-order chi connectivity index (χ0) is 56.4. The van der Waals surface area contributed by atoms with Gasteiger partial charge < -0.3 is 14.2 Å². The van der Waals surface area contributed by atoms with E-state index in [-0.39, 0.29) is 31.1 Å². The normalized spacial score (nSPS) is 12.7. The van der Waals surface area contributed by atoms with Crippen molar-refractivity contribution in [3.63, 3.8) is 0 Å². The summed E-state index contributed by atoms with van der Waals surface area (Å²) in [7, 11) is 0. The smallest absolute Gasteiger partial charge is 0.306 e. The highest BCUT2D eigenvalue weighted by Gasteiger charge is 2.19. The quantitative estimate of drug-likeness (QED) is 0.0261. The molecule has 0 N–H and O–H groups in total. The zero-order valence-corrected chi connectivity index (χ0v) is 51.4. The van der Waals surface area contributed by atoms with E-state index in [2.05, 4.69) is 118 Å². The molecule has 1 atom stereocenters. The number of carbonyl (C=O) groups is 3. The number of carbonyl (C=O) groups excluding carboxylic acids is 3. The van der Waals surface area contributed by atoms with Crippen LogP contribution in [0.1, 0.15) is 323 Å². The Balaban J connectivity index is 4.05. The van der Waals surface area contributed by atoms with Crippen LogP contribution >= 0.6 is 0 Å². The van der Waals surface area contributed by atoms with Gasteiger partial charge in [-0.25, -0.2) is 0 Å². The highest BCUT2D eigenvalue weighted by Crippen LogP contribution is 2.16. The van der Waals surface area contributed by atoms with Crippen LogP contribution in [0.3, 0.4) is 0 Å². The van der Waals surface area contributed by atoms with E-state index in [1.807, 2.05) is 0 Å². The fourth-order valence-electron chi connectivity index (χ4n) is 9.36. The minimum atomic E-state index is -0.776. The third-order valence-electron chi connectivity index (χ3n) is 14.3. The van der Waals surface area contributed by atoms with Gasteiger partial charge in [0.25, 0.3) is 0 Å². The molecule has 448 valence electrons. The summed E-state index contributed by atoms with van der Waals surface area (Å²) in [6.07, 6.45) is 88.8. The molecule has 0 heterocycles. The van der Waals surface area contributed by atoms with Crippen LogP contribution in [0.25, 0.3) is 0 Å². The third kappa shape index (κ3) is 63.2. The number of rotatable bonds is 60. The van der Waals surface area contributed by atoms with Crippen molar-refractivity contribution in [2.24, 2.45) is 0 Å². The summed E-state index contributed by atoms with van der Waals surface area (Å²) in [5.41, 5.74) is 0. The van der Waals surface area contributed by atoms with E-state index in [9.17, 15) is 14.4 Å². The van der Waals surface area contributed by atoms with E-state index in [0.29, 0.717) is 19.3 Å². The van der Waals surface area contributed by atoms with E-state index in [4.69, 9.17) is 14.2 Å². The summed E-state index contributed by atoms with van der Waals surface area (Å²) in [6, 6.07) is 0. The number of unbranched alkanes of at least 4 members (excludes halogenated alkanes) is 33. The first-order chi connectivity index (χ1) is 38.5. The Hall–Kier alpha value is -3.67. The molecule has 0 aliphatic carbocycles. The lowest BCUT2D eigenvalue weighted by Gasteiger charge is -2.18. The van der Waals surface area contributed by atoms with Gasteiger partial charge in [0.1, 0.15) is 13.2 Å². The maximum absolute atomic E-state index is 12.8. The molecular weight excluding hydrogens is 961 g/mol. The van der Waals surface area contributed by atoms with Gasteiger partial charge >= 0.3 is 17.9 Å². The maximum atomic E-state index is 12.8. The van der Waals surface area contributed by atoms with E-state index in [1.54, 1.807) is 0 Å². The molecule has 0 aromatic rings. The molecule has 0 rings (SSSR count). The first-order valence-corrected chi connectivity index (χ1v) is 33.2. The Labute approximate surface area is 483 Å². The van der Waals surface area contributed by atoms with Crippen molar-refractivity contribution in [3.05, 3.63) is 97.2 Å². The number of hydrogen-bond acceptors (Lipinski definition) is 6. The summed E-state index contributed by atoms with van der Waals surface area (Å²) >= 11 is 0. The Morgan fingerprint density at radius 2 is 0.500 bits per heavy atom. The van der Waals surface area contributed by atoms with Crippen LogP contribution in [0.15, 0.2) is 97.2 Å². The number of ether oxygens (including phenoxy) is 3. The average Bonchev–Trinajstić information content (AvgIpc) is 3.44. The summed E-state index contributed by atoms with van der Waals surface area (Å²) in [4.78, 5) is 38.1. The minimum absolute atomic E-state index is 0.0756. The molecule has 6 nitrogen and oxygen atoms in total. The van der Waals surface area contributed by atoms with Gasteiger partial charge in [0, 0.05) is 19.3 Å².